The summed E-state index contributed by atoms with van der Waals surface area (Å²) in [6.07, 6.45) is 0. The Kier molecular flexibility index (Phi) is 7.46. The van der Waals surface area contributed by atoms with Crippen molar-refractivity contribution in [1.82, 2.24) is 20.4 Å². The van der Waals surface area contributed by atoms with E-state index in [9.17, 15) is 8.42 Å². The van der Waals surface area contributed by atoms with Crippen LogP contribution in [0.3, 0.4) is 0 Å². The fourth-order valence-electron chi connectivity index (χ4n) is 2.84. The van der Waals surface area contributed by atoms with E-state index < -0.39 is 14.6 Å². The molecule has 1 heterocycles. The molecule has 0 aliphatic rings. The summed E-state index contributed by atoms with van der Waals surface area (Å²) in [6.45, 7) is 12.6. The monoisotopic (exact) mass is 419 g/mol. The summed E-state index contributed by atoms with van der Waals surface area (Å²) in [5.41, 5.74) is 4.07. The van der Waals surface area contributed by atoms with Crippen molar-refractivity contribution < 1.29 is 8.42 Å². The van der Waals surface area contributed by atoms with Gasteiger partial charge in [-0.1, -0.05) is 18.2 Å². The molecule has 0 saturated heterocycles. The molecule has 0 bridgehead atoms. The van der Waals surface area contributed by atoms with E-state index in [-0.39, 0.29) is 5.75 Å². The van der Waals surface area contributed by atoms with Crippen LogP contribution in [0.25, 0.3) is 5.69 Å². The molecule has 0 amide bonds. The fraction of sp³-hybridized carbons (Fsp3) is 0.524. The van der Waals surface area contributed by atoms with Gasteiger partial charge in [0.25, 0.3) is 0 Å². The van der Waals surface area contributed by atoms with E-state index in [1.54, 1.807) is 20.8 Å². The molecule has 2 N–H and O–H groups in total. The van der Waals surface area contributed by atoms with Crippen LogP contribution in [-0.2, 0) is 16.4 Å². The zero-order chi connectivity index (χ0) is 21.7. The van der Waals surface area contributed by atoms with Gasteiger partial charge in [-0.3, -0.25) is 0 Å². The molecule has 29 heavy (non-hydrogen) atoms. The molecule has 0 radical (unpaired) electrons. The molecule has 0 aliphatic carbocycles. The number of aromatic nitrogens is 2. The number of aryl methyl sites for hydroxylation is 2. The van der Waals surface area contributed by atoms with Crippen LogP contribution in [0, 0.1) is 13.8 Å². The van der Waals surface area contributed by atoms with Crippen molar-refractivity contribution >= 4 is 15.8 Å². The molecular weight excluding hydrogens is 386 g/mol. The molecular formula is C21H33N5O2S. The van der Waals surface area contributed by atoms with Crippen molar-refractivity contribution in [2.75, 3.05) is 18.8 Å². The van der Waals surface area contributed by atoms with E-state index in [1.165, 1.54) is 0 Å². The molecule has 0 saturated carbocycles. The van der Waals surface area contributed by atoms with Crippen LogP contribution >= 0.6 is 0 Å². The zero-order valence-corrected chi connectivity index (χ0v) is 19.1. The number of benzene rings is 1. The Bertz CT molecular complexity index is 956. The van der Waals surface area contributed by atoms with Gasteiger partial charge in [0.2, 0.25) is 0 Å². The van der Waals surface area contributed by atoms with Crippen LogP contribution in [0.5, 0.6) is 0 Å². The SMILES string of the molecule is CCNC(=NCc1ccccc1-n1nc(C)cc1C)NCCS(=O)(=O)C(C)(C)C. The smallest absolute Gasteiger partial charge is 0.191 e. The maximum atomic E-state index is 12.3. The average Bonchev–Trinajstić information content (AvgIpc) is 2.97. The number of para-hydroxylation sites is 1. The zero-order valence-electron chi connectivity index (χ0n) is 18.3. The van der Waals surface area contributed by atoms with Crippen LogP contribution in [0.2, 0.25) is 0 Å². The first-order valence-electron chi connectivity index (χ1n) is 9.91. The maximum Gasteiger partial charge on any atom is 0.191 e. The van der Waals surface area contributed by atoms with Gasteiger partial charge in [0.1, 0.15) is 0 Å². The average molecular weight is 420 g/mol. The highest BCUT2D eigenvalue weighted by atomic mass is 32.2. The van der Waals surface area contributed by atoms with Gasteiger partial charge < -0.3 is 10.6 Å². The molecule has 0 fully saturated rings. The molecule has 8 heteroatoms. The minimum absolute atomic E-state index is 0.0588. The lowest BCUT2D eigenvalue weighted by Gasteiger charge is -2.20. The van der Waals surface area contributed by atoms with Crippen LogP contribution < -0.4 is 10.6 Å². The van der Waals surface area contributed by atoms with Gasteiger partial charge >= 0.3 is 0 Å². The lowest BCUT2D eigenvalue weighted by molar-refractivity contribution is 0.559. The van der Waals surface area contributed by atoms with E-state index in [4.69, 9.17) is 0 Å². The van der Waals surface area contributed by atoms with Crippen molar-refractivity contribution in [2.45, 2.75) is 52.8 Å². The van der Waals surface area contributed by atoms with E-state index in [0.29, 0.717) is 25.6 Å². The topological polar surface area (TPSA) is 88.4 Å². The Morgan fingerprint density at radius 1 is 1.17 bits per heavy atom. The molecule has 0 atom stereocenters. The van der Waals surface area contributed by atoms with E-state index in [2.05, 4.69) is 20.7 Å². The predicted octanol–water partition coefficient (Wildman–Crippen LogP) is 2.76. The van der Waals surface area contributed by atoms with Gasteiger partial charge in [-0.25, -0.2) is 18.1 Å². The Morgan fingerprint density at radius 3 is 2.45 bits per heavy atom. The highest BCUT2D eigenvalue weighted by Gasteiger charge is 2.28. The Morgan fingerprint density at radius 2 is 1.86 bits per heavy atom. The number of aliphatic imine (C=N–C) groups is 1. The van der Waals surface area contributed by atoms with Gasteiger partial charge in [0, 0.05) is 18.8 Å². The first-order chi connectivity index (χ1) is 13.5. The van der Waals surface area contributed by atoms with Gasteiger partial charge in [-0.2, -0.15) is 5.10 Å². The normalized spacial score (nSPS) is 12.8. The number of hydrogen-bond acceptors (Lipinski definition) is 4. The minimum Gasteiger partial charge on any atom is -0.357 e. The number of rotatable bonds is 7. The number of hydrogen-bond donors (Lipinski definition) is 2. The van der Waals surface area contributed by atoms with Gasteiger partial charge in [0.15, 0.2) is 15.8 Å². The predicted molar refractivity (Wildman–Crippen MR) is 119 cm³/mol. The molecule has 0 aliphatic heterocycles. The Labute approximate surface area is 174 Å². The summed E-state index contributed by atoms with van der Waals surface area (Å²) in [4.78, 5) is 4.65. The fourth-order valence-corrected chi connectivity index (χ4v) is 3.82. The lowest BCUT2D eigenvalue weighted by atomic mass is 10.2. The number of nitrogens with one attached hydrogen (secondary N) is 2. The second-order valence-electron chi connectivity index (χ2n) is 8.02. The second-order valence-corrected chi connectivity index (χ2v) is 10.9. The van der Waals surface area contributed by atoms with Gasteiger partial charge in [-0.05, 0) is 59.2 Å². The van der Waals surface area contributed by atoms with Crippen molar-refractivity contribution in [3.63, 3.8) is 0 Å². The first-order valence-corrected chi connectivity index (χ1v) is 11.6. The molecule has 160 valence electrons. The van der Waals surface area contributed by atoms with Crippen molar-refractivity contribution in [2.24, 2.45) is 4.99 Å². The van der Waals surface area contributed by atoms with Crippen molar-refractivity contribution in [3.05, 3.63) is 47.3 Å². The molecule has 2 aromatic rings. The second kappa shape index (κ2) is 9.43. The highest BCUT2D eigenvalue weighted by Crippen LogP contribution is 2.18. The lowest BCUT2D eigenvalue weighted by Crippen LogP contribution is -2.41. The van der Waals surface area contributed by atoms with E-state index in [1.807, 2.05) is 55.8 Å². The van der Waals surface area contributed by atoms with E-state index in [0.717, 1.165) is 22.6 Å². The van der Waals surface area contributed by atoms with Gasteiger partial charge in [0.05, 0.1) is 28.4 Å². The quantitative estimate of drug-likeness (QED) is 0.532. The van der Waals surface area contributed by atoms with Gasteiger partial charge in [-0.15, -0.1) is 0 Å². The standard InChI is InChI=1S/C21H33N5O2S/c1-7-22-20(23-12-13-29(27,28)21(4,5)6)24-15-18-10-8-9-11-19(18)26-17(3)14-16(2)25-26/h8-11,14H,7,12-13,15H2,1-6H3,(H2,22,23,24). The third-order valence-electron chi connectivity index (χ3n) is 4.58. The number of guanidine groups is 1. The van der Waals surface area contributed by atoms with E-state index >= 15 is 0 Å². The molecule has 2 rings (SSSR count). The van der Waals surface area contributed by atoms with Crippen LogP contribution in [0.15, 0.2) is 35.3 Å². The third-order valence-corrected chi connectivity index (χ3v) is 7.18. The molecule has 0 spiro atoms. The summed E-state index contributed by atoms with van der Waals surface area (Å²) < 4.78 is 25.8. The molecule has 1 aromatic heterocycles. The molecule has 0 unspecified atom stereocenters. The summed E-state index contributed by atoms with van der Waals surface area (Å²) >= 11 is 0. The van der Waals surface area contributed by atoms with Crippen molar-refractivity contribution in [3.8, 4) is 5.69 Å². The summed E-state index contributed by atoms with van der Waals surface area (Å²) in [7, 11) is -3.18. The number of sulfone groups is 1. The molecule has 7 nitrogen and oxygen atoms in total. The van der Waals surface area contributed by atoms with Crippen molar-refractivity contribution in [1.29, 1.82) is 0 Å². The van der Waals surface area contributed by atoms with Crippen LogP contribution in [0.1, 0.15) is 44.6 Å². The first kappa shape index (κ1) is 22.9. The summed E-state index contributed by atoms with van der Waals surface area (Å²) in [6, 6.07) is 10.1. The highest BCUT2D eigenvalue weighted by molar-refractivity contribution is 7.92. The van der Waals surface area contributed by atoms with Crippen LogP contribution in [-0.4, -0.2) is 47.7 Å². The third kappa shape index (κ3) is 6.06. The molecule has 1 aromatic carbocycles. The summed E-state index contributed by atoms with van der Waals surface area (Å²) in [5.74, 6) is 0.656. The maximum absolute atomic E-state index is 12.3. The summed E-state index contributed by atoms with van der Waals surface area (Å²) in [5, 5.41) is 10.9. The Hall–Kier alpha value is -2.35. The Balaban J connectivity index is 2.14. The van der Waals surface area contributed by atoms with Crippen LogP contribution in [0.4, 0.5) is 0 Å². The minimum atomic E-state index is -3.18. The number of nitrogens with zero attached hydrogens (tertiary/aromatic N) is 3. The largest absolute Gasteiger partial charge is 0.357 e.